The van der Waals surface area contributed by atoms with Crippen molar-refractivity contribution in [3.63, 3.8) is 0 Å². The van der Waals surface area contributed by atoms with Gasteiger partial charge in [-0.15, -0.1) is 0 Å². The van der Waals surface area contributed by atoms with Crippen LogP contribution in [-0.2, 0) is 0 Å². The first-order valence-corrected chi connectivity index (χ1v) is 4.48. The Morgan fingerprint density at radius 3 is 2.62 bits per heavy atom. The van der Waals surface area contributed by atoms with Crippen LogP contribution in [0.1, 0.15) is 19.4 Å². The number of hydrogen-bond acceptors (Lipinski definition) is 2. The van der Waals surface area contributed by atoms with Crippen molar-refractivity contribution in [2.45, 2.75) is 20.8 Å². The van der Waals surface area contributed by atoms with Crippen LogP contribution in [0, 0.1) is 6.92 Å². The maximum Gasteiger partial charge on any atom is 0.153 e. The van der Waals surface area contributed by atoms with Crippen molar-refractivity contribution in [1.82, 2.24) is 10.2 Å². The molecule has 0 fully saturated rings. The molecule has 0 spiro atoms. The van der Waals surface area contributed by atoms with Gasteiger partial charge in [0.05, 0.1) is 5.52 Å². The molecule has 3 nitrogen and oxygen atoms in total. The summed E-state index contributed by atoms with van der Waals surface area (Å²) in [5, 5.41) is 7.80. The zero-order valence-corrected chi connectivity index (χ0v) is 8.26. The lowest BCUT2D eigenvalue weighted by atomic mass is 10.1. The van der Waals surface area contributed by atoms with Gasteiger partial charge in [-0.1, -0.05) is 26.0 Å². The third-order valence-corrected chi connectivity index (χ3v) is 1.83. The lowest BCUT2D eigenvalue weighted by Crippen LogP contribution is -1.85. The van der Waals surface area contributed by atoms with E-state index in [-0.39, 0.29) is 0 Å². The van der Waals surface area contributed by atoms with E-state index in [1.165, 1.54) is 0 Å². The number of aromatic amines is 1. The largest absolute Gasteiger partial charge is 0.382 e. The molecule has 0 saturated heterocycles. The SMILES string of the molecule is CC.Cc1cccc2[nH]nc(N)c12. The first-order chi connectivity index (χ1) is 6.29. The van der Waals surface area contributed by atoms with E-state index < -0.39 is 0 Å². The Labute approximate surface area is 78.0 Å². The Morgan fingerprint density at radius 2 is 2.00 bits per heavy atom. The summed E-state index contributed by atoms with van der Waals surface area (Å²) in [6, 6.07) is 5.97. The smallest absolute Gasteiger partial charge is 0.153 e. The van der Waals surface area contributed by atoms with Crippen LogP contribution in [-0.4, -0.2) is 10.2 Å². The maximum absolute atomic E-state index is 5.63. The van der Waals surface area contributed by atoms with Crippen molar-refractivity contribution in [3.8, 4) is 0 Å². The summed E-state index contributed by atoms with van der Waals surface area (Å²) in [5.74, 6) is 0.582. The van der Waals surface area contributed by atoms with Crippen LogP contribution < -0.4 is 5.73 Å². The van der Waals surface area contributed by atoms with Gasteiger partial charge < -0.3 is 5.73 Å². The molecular formula is C10H15N3. The van der Waals surface area contributed by atoms with Crippen LogP contribution in [0.2, 0.25) is 0 Å². The number of aryl methyl sites for hydroxylation is 1. The van der Waals surface area contributed by atoms with Gasteiger partial charge in [0.15, 0.2) is 5.82 Å². The summed E-state index contributed by atoms with van der Waals surface area (Å²) in [7, 11) is 0. The highest BCUT2D eigenvalue weighted by atomic mass is 15.1. The van der Waals surface area contributed by atoms with Crippen molar-refractivity contribution in [1.29, 1.82) is 0 Å². The van der Waals surface area contributed by atoms with Gasteiger partial charge in [-0.3, -0.25) is 5.10 Å². The van der Waals surface area contributed by atoms with Gasteiger partial charge in [-0.05, 0) is 18.6 Å². The molecule has 0 aliphatic carbocycles. The third kappa shape index (κ3) is 1.64. The van der Waals surface area contributed by atoms with Crippen LogP contribution >= 0.6 is 0 Å². The number of nitrogens with zero attached hydrogens (tertiary/aromatic N) is 1. The summed E-state index contributed by atoms with van der Waals surface area (Å²) in [5.41, 5.74) is 7.80. The molecule has 1 heterocycles. The number of nitrogens with two attached hydrogens (primary N) is 1. The second-order valence-electron chi connectivity index (χ2n) is 2.61. The van der Waals surface area contributed by atoms with Crippen molar-refractivity contribution in [2.75, 3.05) is 5.73 Å². The van der Waals surface area contributed by atoms with Gasteiger partial charge in [0.25, 0.3) is 0 Å². The number of benzene rings is 1. The molecule has 0 saturated carbocycles. The van der Waals surface area contributed by atoms with Crippen LogP contribution in [0.4, 0.5) is 5.82 Å². The monoisotopic (exact) mass is 177 g/mol. The summed E-state index contributed by atoms with van der Waals surface area (Å²) in [6.45, 7) is 6.02. The molecule has 0 aliphatic heterocycles. The van der Waals surface area contributed by atoms with Crippen LogP contribution in [0.3, 0.4) is 0 Å². The van der Waals surface area contributed by atoms with Crippen molar-refractivity contribution in [3.05, 3.63) is 23.8 Å². The summed E-state index contributed by atoms with van der Waals surface area (Å²) < 4.78 is 0. The molecule has 0 bridgehead atoms. The molecule has 3 heteroatoms. The van der Waals surface area contributed by atoms with Gasteiger partial charge in [0.1, 0.15) is 0 Å². The molecule has 2 rings (SSSR count). The minimum atomic E-state index is 0.582. The number of rotatable bonds is 0. The highest BCUT2D eigenvalue weighted by Crippen LogP contribution is 2.20. The second-order valence-corrected chi connectivity index (χ2v) is 2.61. The number of nitrogen functional groups attached to an aromatic ring is 1. The lowest BCUT2D eigenvalue weighted by molar-refractivity contribution is 1.13. The van der Waals surface area contributed by atoms with Crippen LogP contribution in [0.5, 0.6) is 0 Å². The molecule has 0 amide bonds. The van der Waals surface area contributed by atoms with Gasteiger partial charge in [0, 0.05) is 5.39 Å². The van der Waals surface area contributed by atoms with E-state index in [1.807, 2.05) is 39.0 Å². The molecule has 1 aromatic heterocycles. The Hall–Kier alpha value is -1.51. The van der Waals surface area contributed by atoms with Crippen molar-refractivity contribution >= 4 is 16.7 Å². The molecule has 2 aromatic rings. The summed E-state index contributed by atoms with van der Waals surface area (Å²) in [4.78, 5) is 0. The van der Waals surface area contributed by atoms with Gasteiger partial charge in [-0.2, -0.15) is 5.10 Å². The zero-order chi connectivity index (χ0) is 9.84. The molecule has 0 aliphatic rings. The quantitative estimate of drug-likeness (QED) is 0.649. The molecular weight excluding hydrogens is 162 g/mol. The number of anilines is 1. The fourth-order valence-corrected chi connectivity index (χ4v) is 1.28. The number of fused-ring (bicyclic) bond motifs is 1. The predicted octanol–water partition coefficient (Wildman–Crippen LogP) is 2.48. The van der Waals surface area contributed by atoms with E-state index in [0.29, 0.717) is 5.82 Å². The van der Waals surface area contributed by atoms with Gasteiger partial charge in [-0.25, -0.2) is 0 Å². The molecule has 70 valence electrons. The molecule has 0 atom stereocenters. The predicted molar refractivity (Wildman–Crippen MR) is 56.6 cm³/mol. The fourth-order valence-electron chi connectivity index (χ4n) is 1.28. The Morgan fingerprint density at radius 1 is 1.31 bits per heavy atom. The molecule has 13 heavy (non-hydrogen) atoms. The highest BCUT2D eigenvalue weighted by Gasteiger charge is 2.02. The van der Waals surface area contributed by atoms with Gasteiger partial charge >= 0.3 is 0 Å². The average molecular weight is 177 g/mol. The van der Waals surface area contributed by atoms with E-state index in [0.717, 1.165) is 16.5 Å². The summed E-state index contributed by atoms with van der Waals surface area (Å²) >= 11 is 0. The Kier molecular flexibility index (Phi) is 2.90. The van der Waals surface area contributed by atoms with Crippen molar-refractivity contribution in [2.24, 2.45) is 0 Å². The minimum Gasteiger partial charge on any atom is -0.382 e. The average Bonchev–Trinajstić information content (AvgIpc) is 2.53. The standard InChI is InChI=1S/C8H9N3.C2H6/c1-5-3-2-4-6-7(5)8(9)11-10-6;1-2/h2-4H,1H3,(H3,9,10,11);1-2H3. The van der Waals surface area contributed by atoms with E-state index in [1.54, 1.807) is 0 Å². The highest BCUT2D eigenvalue weighted by molar-refractivity contribution is 5.91. The number of nitrogens with one attached hydrogen (secondary N) is 1. The van der Waals surface area contributed by atoms with Crippen LogP contribution in [0.15, 0.2) is 18.2 Å². The van der Waals surface area contributed by atoms with Crippen molar-refractivity contribution < 1.29 is 0 Å². The third-order valence-electron chi connectivity index (χ3n) is 1.83. The minimum absolute atomic E-state index is 0.582. The maximum atomic E-state index is 5.63. The van der Waals surface area contributed by atoms with Gasteiger partial charge in [0.2, 0.25) is 0 Å². The van der Waals surface area contributed by atoms with Crippen LogP contribution in [0.25, 0.3) is 10.9 Å². The molecule has 1 aromatic carbocycles. The summed E-state index contributed by atoms with van der Waals surface area (Å²) in [6.07, 6.45) is 0. The van der Waals surface area contributed by atoms with E-state index in [4.69, 9.17) is 5.73 Å². The van der Waals surface area contributed by atoms with E-state index in [2.05, 4.69) is 10.2 Å². The zero-order valence-electron chi connectivity index (χ0n) is 8.26. The Balaban J connectivity index is 0.000000396. The number of aromatic nitrogens is 2. The molecule has 3 N–H and O–H groups in total. The lowest BCUT2D eigenvalue weighted by Gasteiger charge is -1.93. The normalized spacial score (nSPS) is 9.46. The number of hydrogen-bond donors (Lipinski definition) is 2. The molecule has 0 radical (unpaired) electrons. The first-order valence-electron chi connectivity index (χ1n) is 4.48. The molecule has 0 unspecified atom stereocenters. The topological polar surface area (TPSA) is 54.7 Å². The first kappa shape index (κ1) is 9.58. The number of H-pyrrole nitrogens is 1. The fraction of sp³-hybridized carbons (Fsp3) is 0.300. The van der Waals surface area contributed by atoms with E-state index in [9.17, 15) is 0 Å². The van der Waals surface area contributed by atoms with E-state index >= 15 is 0 Å². The second kappa shape index (κ2) is 3.94. The Bertz CT molecular complexity index is 390.